The van der Waals surface area contributed by atoms with E-state index in [2.05, 4.69) is 33.9 Å². The van der Waals surface area contributed by atoms with Gasteiger partial charge in [-0.25, -0.2) is 0 Å². The molecule has 3 rings (SSSR count). The molecule has 1 N–H and O–H groups in total. The summed E-state index contributed by atoms with van der Waals surface area (Å²) in [5.41, 5.74) is 0. The molecule has 0 aromatic rings. The second kappa shape index (κ2) is 12.0. The van der Waals surface area contributed by atoms with Gasteiger partial charge in [-0.2, -0.15) is 0 Å². The van der Waals surface area contributed by atoms with Crippen LogP contribution in [-0.2, 0) is 19.1 Å². The minimum atomic E-state index is -0.647. The van der Waals surface area contributed by atoms with E-state index in [1.54, 1.807) is 28.8 Å². The second-order valence-corrected chi connectivity index (χ2v) is 11.7. The Kier molecular flexibility index (Phi) is 9.49. The molecule has 1 spiro atoms. The Hall–Kier alpha value is -1.80. The van der Waals surface area contributed by atoms with Crippen LogP contribution < -0.4 is 0 Å². The number of fused-ring (bicyclic) bond motifs is 1. The quantitative estimate of drug-likeness (QED) is 0.221. The molecule has 35 heavy (non-hydrogen) atoms. The molecular weight excluding hydrogens is 464 g/mol. The van der Waals surface area contributed by atoms with Crippen molar-refractivity contribution in [1.29, 1.82) is 0 Å². The molecule has 4 unspecified atom stereocenters. The second-order valence-electron chi connectivity index (χ2n) is 10.2. The average molecular weight is 507 g/mol. The van der Waals surface area contributed by atoms with Gasteiger partial charge in [0.25, 0.3) is 0 Å². The molecule has 8 heteroatoms. The van der Waals surface area contributed by atoms with Crippen LogP contribution in [0, 0.1) is 17.8 Å². The van der Waals surface area contributed by atoms with Gasteiger partial charge in [0.2, 0.25) is 11.8 Å². The van der Waals surface area contributed by atoms with Crippen LogP contribution in [0.4, 0.5) is 0 Å². The van der Waals surface area contributed by atoms with Crippen LogP contribution in [0.1, 0.15) is 59.3 Å². The van der Waals surface area contributed by atoms with Crippen molar-refractivity contribution in [3.63, 3.8) is 0 Å². The molecule has 3 heterocycles. The summed E-state index contributed by atoms with van der Waals surface area (Å²) in [4.78, 5) is 45.1. The fourth-order valence-corrected chi connectivity index (χ4v) is 8.80. The van der Waals surface area contributed by atoms with Gasteiger partial charge >= 0.3 is 5.97 Å². The van der Waals surface area contributed by atoms with E-state index >= 15 is 0 Å². The Morgan fingerprint density at radius 3 is 2.71 bits per heavy atom. The third kappa shape index (κ3) is 4.93. The SMILES string of the molecule is C=CCCOC(=O)[C@@H]1[C@@H]2CC(C)C3(S2)C(C(=O)N(CC=C)C(C)CCC)N(CCCCO)C(=O)[C@H]13. The third-order valence-corrected chi connectivity index (χ3v) is 10.0. The maximum absolute atomic E-state index is 14.3. The molecule has 2 amide bonds. The van der Waals surface area contributed by atoms with E-state index in [0.29, 0.717) is 32.4 Å². The third-order valence-electron chi connectivity index (χ3n) is 7.97. The number of aliphatic hydroxyl groups excluding tert-OH is 1. The summed E-state index contributed by atoms with van der Waals surface area (Å²) in [6.45, 7) is 14.9. The number of esters is 1. The van der Waals surface area contributed by atoms with E-state index < -0.39 is 22.6 Å². The predicted octanol–water partition coefficient (Wildman–Crippen LogP) is 3.42. The molecular formula is C27H42N2O5S. The van der Waals surface area contributed by atoms with Gasteiger partial charge in [-0.3, -0.25) is 14.4 Å². The highest BCUT2D eigenvalue weighted by Gasteiger charge is 2.76. The molecule has 0 aromatic carbocycles. The van der Waals surface area contributed by atoms with Crippen LogP contribution in [0.25, 0.3) is 0 Å². The van der Waals surface area contributed by atoms with E-state index in [9.17, 15) is 19.5 Å². The van der Waals surface area contributed by atoms with Crippen molar-refractivity contribution in [3.8, 4) is 0 Å². The Morgan fingerprint density at radius 1 is 1.34 bits per heavy atom. The van der Waals surface area contributed by atoms with Gasteiger partial charge in [0, 0.05) is 31.0 Å². The summed E-state index contributed by atoms with van der Waals surface area (Å²) in [6.07, 6.45) is 7.79. The highest BCUT2D eigenvalue weighted by Crippen LogP contribution is 2.68. The van der Waals surface area contributed by atoms with Crippen molar-refractivity contribution < 1.29 is 24.2 Å². The van der Waals surface area contributed by atoms with Crippen LogP contribution in [0.3, 0.4) is 0 Å². The number of amides is 2. The van der Waals surface area contributed by atoms with Crippen LogP contribution in [0.5, 0.6) is 0 Å². The smallest absolute Gasteiger partial charge is 0.310 e. The first-order valence-electron chi connectivity index (χ1n) is 13.1. The van der Waals surface area contributed by atoms with Crippen LogP contribution >= 0.6 is 11.8 Å². The van der Waals surface area contributed by atoms with Crippen LogP contribution in [0.15, 0.2) is 25.3 Å². The number of hydrogen-bond donors (Lipinski definition) is 1. The molecule has 0 radical (unpaired) electrons. The lowest BCUT2D eigenvalue weighted by molar-refractivity contribution is -0.154. The first-order valence-corrected chi connectivity index (χ1v) is 14.0. The monoisotopic (exact) mass is 506 g/mol. The Labute approximate surface area is 214 Å². The molecule has 196 valence electrons. The lowest BCUT2D eigenvalue weighted by atomic mass is 9.66. The van der Waals surface area contributed by atoms with Crippen molar-refractivity contribution in [2.75, 3.05) is 26.3 Å². The van der Waals surface area contributed by atoms with E-state index in [4.69, 9.17) is 4.74 Å². The summed E-state index contributed by atoms with van der Waals surface area (Å²) >= 11 is 1.67. The molecule has 0 saturated carbocycles. The normalized spacial score (nSPS) is 31.8. The number of aliphatic hydroxyl groups is 1. The fraction of sp³-hybridized carbons (Fsp3) is 0.741. The van der Waals surface area contributed by atoms with Gasteiger partial charge in [0.1, 0.15) is 6.04 Å². The number of unbranched alkanes of at least 4 members (excludes halogenated alkanes) is 1. The predicted molar refractivity (Wildman–Crippen MR) is 139 cm³/mol. The number of carbonyl (C=O) groups excluding carboxylic acids is 3. The van der Waals surface area contributed by atoms with Gasteiger partial charge in [-0.05, 0) is 44.9 Å². The van der Waals surface area contributed by atoms with Gasteiger partial charge in [-0.1, -0.05) is 32.4 Å². The Balaban J connectivity index is 2.01. The van der Waals surface area contributed by atoms with Gasteiger partial charge in [0.15, 0.2) is 0 Å². The van der Waals surface area contributed by atoms with E-state index in [1.807, 2.05) is 4.90 Å². The maximum Gasteiger partial charge on any atom is 0.310 e. The summed E-state index contributed by atoms with van der Waals surface area (Å²) in [7, 11) is 0. The summed E-state index contributed by atoms with van der Waals surface area (Å²) in [5, 5.41) is 9.31. The zero-order chi connectivity index (χ0) is 25.8. The van der Waals surface area contributed by atoms with Crippen molar-refractivity contribution in [2.24, 2.45) is 17.8 Å². The van der Waals surface area contributed by atoms with E-state index in [-0.39, 0.29) is 48.2 Å². The van der Waals surface area contributed by atoms with Gasteiger partial charge in [0.05, 0.1) is 23.2 Å². The summed E-state index contributed by atoms with van der Waals surface area (Å²) < 4.78 is 4.91. The summed E-state index contributed by atoms with van der Waals surface area (Å²) in [5.74, 6) is -1.48. The molecule has 0 aliphatic carbocycles. The van der Waals surface area contributed by atoms with E-state index in [1.165, 1.54) is 0 Å². The number of thioether (sulfide) groups is 1. The zero-order valence-corrected chi connectivity index (χ0v) is 22.3. The van der Waals surface area contributed by atoms with Gasteiger partial charge in [-0.15, -0.1) is 24.9 Å². The minimum absolute atomic E-state index is 0.0221. The zero-order valence-electron chi connectivity index (χ0n) is 21.5. The molecule has 7 nitrogen and oxygen atoms in total. The van der Waals surface area contributed by atoms with Crippen LogP contribution in [-0.4, -0.2) is 81.1 Å². The highest BCUT2D eigenvalue weighted by molar-refractivity contribution is 8.02. The fourth-order valence-electron chi connectivity index (χ4n) is 6.40. The van der Waals surface area contributed by atoms with Crippen molar-refractivity contribution >= 4 is 29.5 Å². The lowest BCUT2D eigenvalue weighted by Crippen LogP contribution is -2.58. The molecule has 3 saturated heterocycles. The standard InChI is InChI=1S/C27H42N2O5S/c1-6-9-16-34-26(33)21-20-17-18(4)27(35-20)22(21)24(31)29(14-10-11-15-30)23(27)25(32)28(13-8-3)19(5)12-7-2/h6,8,18-23,30H,1,3,7,9-17H2,2,4-5H3/t18?,19?,20-,21+,22-,23?,27?/m0/s1. The molecule has 3 aliphatic rings. The summed E-state index contributed by atoms with van der Waals surface area (Å²) in [6, 6.07) is -0.608. The maximum atomic E-state index is 14.3. The number of ether oxygens (including phenoxy) is 1. The Morgan fingerprint density at radius 2 is 2.09 bits per heavy atom. The van der Waals surface area contributed by atoms with Crippen LogP contribution in [0.2, 0.25) is 0 Å². The number of likely N-dealkylation sites (tertiary alicyclic amines) is 1. The molecule has 7 atom stereocenters. The topological polar surface area (TPSA) is 87.2 Å². The number of nitrogens with zero attached hydrogens (tertiary/aromatic N) is 2. The number of carbonyl (C=O) groups is 3. The first-order chi connectivity index (χ1) is 16.8. The molecule has 0 aromatic heterocycles. The number of rotatable bonds is 14. The molecule has 3 aliphatic heterocycles. The largest absolute Gasteiger partial charge is 0.465 e. The van der Waals surface area contributed by atoms with Crippen molar-refractivity contribution in [1.82, 2.24) is 9.80 Å². The lowest BCUT2D eigenvalue weighted by Gasteiger charge is -2.41. The Bertz CT molecular complexity index is 819. The van der Waals surface area contributed by atoms with Crippen molar-refractivity contribution in [3.05, 3.63) is 25.3 Å². The number of hydrogen-bond acceptors (Lipinski definition) is 6. The molecule has 2 bridgehead atoms. The molecule has 3 fully saturated rings. The highest BCUT2D eigenvalue weighted by atomic mass is 32.2. The van der Waals surface area contributed by atoms with Gasteiger partial charge < -0.3 is 19.6 Å². The minimum Gasteiger partial charge on any atom is -0.465 e. The first kappa shape index (κ1) is 27.8. The van der Waals surface area contributed by atoms with E-state index in [0.717, 1.165) is 19.3 Å². The average Bonchev–Trinajstić information content (AvgIpc) is 3.41. The van der Waals surface area contributed by atoms with Crippen molar-refractivity contribution in [2.45, 2.75) is 81.4 Å².